The van der Waals surface area contributed by atoms with E-state index in [1.54, 1.807) is 6.07 Å². The van der Waals surface area contributed by atoms with E-state index in [0.29, 0.717) is 12.1 Å². The molecule has 0 heterocycles. The molecule has 0 aromatic heterocycles. The highest BCUT2D eigenvalue weighted by atomic mass is 16.4. The summed E-state index contributed by atoms with van der Waals surface area (Å²) in [6.45, 7) is 3.81. The number of para-hydroxylation sites is 1. The Morgan fingerprint density at radius 1 is 1.36 bits per heavy atom. The van der Waals surface area contributed by atoms with Gasteiger partial charge in [-0.2, -0.15) is 0 Å². The van der Waals surface area contributed by atoms with Crippen molar-refractivity contribution >= 4 is 17.2 Å². The van der Waals surface area contributed by atoms with Gasteiger partial charge < -0.3 is 10.8 Å². The number of nitrogens with two attached hydrogens (primary N) is 1. The van der Waals surface area contributed by atoms with E-state index in [9.17, 15) is 4.79 Å². The molecule has 0 spiro atoms. The summed E-state index contributed by atoms with van der Waals surface area (Å²) >= 11 is 0. The van der Waals surface area contributed by atoms with E-state index >= 15 is 0 Å². The average molecular weight is 191 g/mol. The van der Waals surface area contributed by atoms with Crippen LogP contribution in [-0.4, -0.2) is 11.1 Å². The van der Waals surface area contributed by atoms with Crippen molar-refractivity contribution in [1.82, 2.24) is 0 Å². The van der Waals surface area contributed by atoms with Crippen LogP contribution in [0, 0.1) is 0 Å². The Labute approximate surface area is 82.9 Å². The molecular weight excluding hydrogens is 178 g/mol. The summed E-state index contributed by atoms with van der Waals surface area (Å²) in [4.78, 5) is 10.3. The molecule has 0 saturated carbocycles. The lowest BCUT2D eigenvalue weighted by Crippen LogP contribution is -1.97. The number of rotatable bonds is 4. The van der Waals surface area contributed by atoms with Crippen LogP contribution in [0.4, 0.5) is 5.69 Å². The lowest BCUT2D eigenvalue weighted by Gasteiger charge is -2.06. The van der Waals surface area contributed by atoms with Gasteiger partial charge in [0.15, 0.2) is 0 Å². The quantitative estimate of drug-likeness (QED) is 0.717. The highest BCUT2D eigenvalue weighted by Gasteiger charge is 2.04. The van der Waals surface area contributed by atoms with Crippen LogP contribution < -0.4 is 5.73 Å². The Balaban J connectivity index is 2.70. The first kappa shape index (κ1) is 10.3. The smallest absolute Gasteiger partial charge is 0.303 e. The number of carboxylic acids is 1. The fourth-order valence-electron chi connectivity index (χ4n) is 1.21. The molecule has 0 aliphatic heterocycles. The van der Waals surface area contributed by atoms with Gasteiger partial charge >= 0.3 is 5.97 Å². The van der Waals surface area contributed by atoms with Gasteiger partial charge in [-0.3, -0.25) is 4.79 Å². The minimum atomic E-state index is -0.819. The van der Waals surface area contributed by atoms with Gasteiger partial charge in [0.2, 0.25) is 0 Å². The molecule has 0 atom stereocenters. The first-order valence-electron chi connectivity index (χ1n) is 4.35. The van der Waals surface area contributed by atoms with Crippen molar-refractivity contribution in [2.45, 2.75) is 12.8 Å². The largest absolute Gasteiger partial charge is 0.481 e. The van der Waals surface area contributed by atoms with Gasteiger partial charge in [-0.05, 0) is 23.6 Å². The number of nitrogen functional groups attached to an aromatic ring is 1. The second-order valence-corrected chi connectivity index (χ2v) is 3.08. The maximum absolute atomic E-state index is 10.3. The second kappa shape index (κ2) is 4.46. The monoisotopic (exact) mass is 191 g/mol. The molecule has 0 amide bonds. The van der Waals surface area contributed by atoms with Crippen LogP contribution >= 0.6 is 0 Å². The molecule has 0 unspecified atom stereocenters. The molecule has 0 saturated heterocycles. The van der Waals surface area contributed by atoms with Gasteiger partial charge in [-0.25, -0.2) is 0 Å². The Morgan fingerprint density at radius 3 is 2.57 bits per heavy atom. The van der Waals surface area contributed by atoms with Crippen LogP contribution in [0.3, 0.4) is 0 Å². The predicted molar refractivity (Wildman–Crippen MR) is 56.8 cm³/mol. The molecule has 1 aromatic carbocycles. The highest BCUT2D eigenvalue weighted by molar-refractivity contribution is 5.76. The van der Waals surface area contributed by atoms with Gasteiger partial charge in [0, 0.05) is 12.1 Å². The molecule has 3 nitrogen and oxygen atoms in total. The fourth-order valence-corrected chi connectivity index (χ4v) is 1.21. The molecule has 0 bridgehead atoms. The molecule has 0 radical (unpaired) electrons. The van der Waals surface area contributed by atoms with Crippen LogP contribution in [0.2, 0.25) is 0 Å². The minimum absolute atomic E-state index is 0.0904. The third-order valence-electron chi connectivity index (χ3n) is 1.98. The molecule has 0 aliphatic carbocycles. The highest BCUT2D eigenvalue weighted by Crippen LogP contribution is 2.23. The van der Waals surface area contributed by atoms with Crippen molar-refractivity contribution in [3.63, 3.8) is 0 Å². The van der Waals surface area contributed by atoms with E-state index in [1.165, 1.54) is 0 Å². The van der Waals surface area contributed by atoms with Crippen molar-refractivity contribution in [3.05, 3.63) is 36.4 Å². The second-order valence-electron chi connectivity index (χ2n) is 3.08. The number of aliphatic carboxylic acids is 1. The zero-order valence-corrected chi connectivity index (χ0v) is 7.86. The number of hydrogen-bond donors (Lipinski definition) is 2. The fraction of sp³-hybridized carbons (Fsp3) is 0.182. The van der Waals surface area contributed by atoms with Crippen LogP contribution in [0.1, 0.15) is 18.4 Å². The number of benzene rings is 1. The van der Waals surface area contributed by atoms with E-state index < -0.39 is 5.97 Å². The lowest BCUT2D eigenvalue weighted by molar-refractivity contribution is -0.136. The van der Waals surface area contributed by atoms with Crippen LogP contribution in [-0.2, 0) is 4.79 Å². The Hall–Kier alpha value is -1.77. The van der Waals surface area contributed by atoms with Crippen molar-refractivity contribution in [2.75, 3.05) is 5.73 Å². The zero-order valence-electron chi connectivity index (χ0n) is 7.86. The maximum atomic E-state index is 10.3. The third-order valence-corrected chi connectivity index (χ3v) is 1.98. The van der Waals surface area contributed by atoms with Gasteiger partial charge in [-0.15, -0.1) is 0 Å². The van der Waals surface area contributed by atoms with E-state index in [0.717, 1.165) is 11.1 Å². The number of allylic oxidation sites excluding steroid dienone is 1. The molecular formula is C11H13NO2. The summed E-state index contributed by atoms with van der Waals surface area (Å²) in [6.07, 6.45) is 0.525. The first-order chi connectivity index (χ1) is 6.61. The van der Waals surface area contributed by atoms with E-state index in [-0.39, 0.29) is 6.42 Å². The zero-order chi connectivity index (χ0) is 10.6. The van der Waals surface area contributed by atoms with Gasteiger partial charge in [0.1, 0.15) is 0 Å². The van der Waals surface area contributed by atoms with Crippen molar-refractivity contribution < 1.29 is 9.90 Å². The third kappa shape index (κ3) is 2.62. The standard InChI is InChI=1S/C11H13NO2/c1-8(6-7-11(13)14)9-4-2-3-5-10(9)12/h2-5H,1,6-7,12H2,(H,13,14). The Bertz CT molecular complexity index is 358. The van der Waals surface area contributed by atoms with Crippen molar-refractivity contribution in [1.29, 1.82) is 0 Å². The SMILES string of the molecule is C=C(CCC(=O)O)c1ccccc1N. The normalized spacial score (nSPS) is 9.71. The molecule has 0 fully saturated rings. The Morgan fingerprint density at radius 2 is 2.00 bits per heavy atom. The Kier molecular flexibility index (Phi) is 3.29. The van der Waals surface area contributed by atoms with Gasteiger partial charge in [-0.1, -0.05) is 24.8 Å². The summed E-state index contributed by atoms with van der Waals surface area (Å²) in [5.41, 5.74) is 7.97. The van der Waals surface area contributed by atoms with E-state index in [2.05, 4.69) is 6.58 Å². The number of hydrogen-bond acceptors (Lipinski definition) is 2. The minimum Gasteiger partial charge on any atom is -0.481 e. The first-order valence-corrected chi connectivity index (χ1v) is 4.35. The number of carbonyl (C=O) groups is 1. The summed E-state index contributed by atoms with van der Waals surface area (Å²) in [6, 6.07) is 7.32. The van der Waals surface area contributed by atoms with E-state index in [4.69, 9.17) is 10.8 Å². The molecule has 3 N–H and O–H groups in total. The van der Waals surface area contributed by atoms with Crippen molar-refractivity contribution in [3.8, 4) is 0 Å². The number of carboxylic acid groups (broad SMARTS) is 1. The summed E-state index contributed by atoms with van der Waals surface area (Å²) in [5.74, 6) is -0.819. The molecule has 74 valence electrons. The summed E-state index contributed by atoms with van der Waals surface area (Å²) in [5, 5.41) is 8.51. The van der Waals surface area contributed by atoms with Crippen LogP contribution in [0.5, 0.6) is 0 Å². The van der Waals surface area contributed by atoms with Crippen LogP contribution in [0.15, 0.2) is 30.8 Å². The summed E-state index contributed by atoms with van der Waals surface area (Å²) in [7, 11) is 0. The average Bonchev–Trinajstić information content (AvgIpc) is 2.15. The molecule has 3 heteroatoms. The molecule has 0 aliphatic rings. The molecule has 1 rings (SSSR count). The van der Waals surface area contributed by atoms with Crippen LogP contribution in [0.25, 0.3) is 5.57 Å². The van der Waals surface area contributed by atoms with Gasteiger partial charge in [0.05, 0.1) is 0 Å². The number of anilines is 1. The topological polar surface area (TPSA) is 63.3 Å². The van der Waals surface area contributed by atoms with Gasteiger partial charge in [0.25, 0.3) is 0 Å². The molecule has 14 heavy (non-hydrogen) atoms. The van der Waals surface area contributed by atoms with Crippen molar-refractivity contribution in [2.24, 2.45) is 0 Å². The molecule has 1 aromatic rings. The maximum Gasteiger partial charge on any atom is 0.303 e. The van der Waals surface area contributed by atoms with E-state index in [1.807, 2.05) is 18.2 Å². The lowest BCUT2D eigenvalue weighted by atomic mass is 10.0. The predicted octanol–water partition coefficient (Wildman–Crippen LogP) is 2.15. The summed E-state index contributed by atoms with van der Waals surface area (Å²) < 4.78 is 0.